The molecule has 1 saturated heterocycles. The number of hydrogen-bond donors (Lipinski definition) is 3. The Bertz CT molecular complexity index is 1430. The molecule has 0 unspecified atom stereocenters. The number of hydrogen-bond acceptors (Lipinski definition) is 8. The third kappa shape index (κ3) is 6.05. The minimum absolute atomic E-state index is 0.0741. The molecule has 0 radical (unpaired) electrons. The van der Waals surface area contributed by atoms with Crippen molar-refractivity contribution in [2.24, 2.45) is 0 Å². The van der Waals surface area contributed by atoms with Crippen molar-refractivity contribution in [1.82, 2.24) is 34.7 Å². The van der Waals surface area contributed by atoms with Crippen molar-refractivity contribution in [3.63, 3.8) is 0 Å². The van der Waals surface area contributed by atoms with E-state index in [1.807, 2.05) is 25.3 Å². The molecule has 0 aliphatic carbocycles. The van der Waals surface area contributed by atoms with Gasteiger partial charge in [0.25, 0.3) is 0 Å². The predicted octanol–water partition coefficient (Wildman–Crippen LogP) is 4.35. The average Bonchev–Trinajstić information content (AvgIpc) is 3.27. The molecule has 1 aliphatic rings. The number of halogens is 2. The van der Waals surface area contributed by atoms with Crippen molar-refractivity contribution in [2.45, 2.75) is 52.2 Å². The van der Waals surface area contributed by atoms with Crippen LogP contribution in [0, 0.1) is 18.6 Å². The monoisotopic (exact) mass is 536 g/mol. The number of piperidine rings is 1. The molecule has 4 heterocycles. The quantitative estimate of drug-likeness (QED) is 0.290. The first-order chi connectivity index (χ1) is 18.8. The number of imidazole rings is 1. The summed E-state index contributed by atoms with van der Waals surface area (Å²) in [6, 6.07) is 5.12. The number of fused-ring (bicyclic) bond motifs is 1. The van der Waals surface area contributed by atoms with Crippen LogP contribution in [-0.4, -0.2) is 66.8 Å². The zero-order valence-electron chi connectivity index (χ0n) is 22.5. The van der Waals surface area contributed by atoms with Gasteiger partial charge in [-0.25, -0.2) is 28.7 Å². The maximum absolute atomic E-state index is 15.0. The van der Waals surface area contributed by atoms with Gasteiger partial charge in [-0.3, -0.25) is 4.90 Å². The molecule has 9 nitrogen and oxygen atoms in total. The number of pyridine rings is 1. The molecule has 3 N–H and O–H groups in total. The number of aromatic nitrogens is 5. The lowest BCUT2D eigenvalue weighted by atomic mass is 10.0. The van der Waals surface area contributed by atoms with Crippen LogP contribution in [0.1, 0.15) is 44.1 Å². The van der Waals surface area contributed by atoms with Crippen molar-refractivity contribution < 1.29 is 13.9 Å². The largest absolute Gasteiger partial charge is 0.395 e. The SMILES string of the molecule is Cc1nc2c(F)cc(-c3cc(Nc4ncc(CN5CCC(NCCO)CC5)cn4)ncc3F)cc2n1C(C)C. The predicted molar refractivity (Wildman–Crippen MR) is 147 cm³/mol. The second-order valence-electron chi connectivity index (χ2n) is 10.3. The molecule has 1 aromatic carbocycles. The van der Waals surface area contributed by atoms with Gasteiger partial charge in [0.05, 0.1) is 18.3 Å². The van der Waals surface area contributed by atoms with Crippen molar-refractivity contribution in [2.75, 3.05) is 31.6 Å². The first-order valence-corrected chi connectivity index (χ1v) is 13.3. The molecule has 3 aromatic heterocycles. The summed E-state index contributed by atoms with van der Waals surface area (Å²) in [5.74, 6) is 0.337. The molecule has 0 spiro atoms. The van der Waals surface area contributed by atoms with Crippen LogP contribution in [0.25, 0.3) is 22.2 Å². The highest BCUT2D eigenvalue weighted by atomic mass is 19.1. The van der Waals surface area contributed by atoms with Crippen LogP contribution in [0.2, 0.25) is 0 Å². The number of likely N-dealkylation sites (tertiary alicyclic amines) is 1. The van der Waals surface area contributed by atoms with Gasteiger partial charge in [-0.2, -0.15) is 0 Å². The van der Waals surface area contributed by atoms with E-state index in [9.17, 15) is 8.78 Å². The zero-order valence-corrected chi connectivity index (χ0v) is 22.5. The summed E-state index contributed by atoms with van der Waals surface area (Å²) >= 11 is 0. The molecule has 0 atom stereocenters. The Kier molecular flexibility index (Phi) is 8.10. The molecule has 0 amide bonds. The van der Waals surface area contributed by atoms with Crippen LogP contribution < -0.4 is 10.6 Å². The van der Waals surface area contributed by atoms with E-state index < -0.39 is 11.6 Å². The summed E-state index contributed by atoms with van der Waals surface area (Å²) in [5.41, 5.74) is 2.50. The zero-order chi connectivity index (χ0) is 27.5. The molecule has 0 saturated carbocycles. The normalized spacial score (nSPS) is 14.9. The van der Waals surface area contributed by atoms with Crippen LogP contribution >= 0.6 is 0 Å². The van der Waals surface area contributed by atoms with E-state index in [-0.39, 0.29) is 23.7 Å². The Morgan fingerprint density at radius 1 is 1.03 bits per heavy atom. The summed E-state index contributed by atoms with van der Waals surface area (Å²) < 4.78 is 31.8. The first-order valence-electron chi connectivity index (χ1n) is 13.3. The number of aliphatic hydroxyl groups is 1. The van der Waals surface area contributed by atoms with Gasteiger partial charge in [-0.1, -0.05) is 0 Å². The van der Waals surface area contributed by atoms with Crippen LogP contribution in [0.5, 0.6) is 0 Å². The lowest BCUT2D eigenvalue weighted by Crippen LogP contribution is -2.42. The molecule has 11 heteroatoms. The van der Waals surface area contributed by atoms with Gasteiger partial charge in [0.1, 0.15) is 23.0 Å². The topological polar surface area (TPSA) is 104 Å². The van der Waals surface area contributed by atoms with E-state index in [1.165, 1.54) is 12.1 Å². The number of nitrogens with one attached hydrogen (secondary N) is 2. The van der Waals surface area contributed by atoms with Crippen molar-refractivity contribution in [1.29, 1.82) is 0 Å². The van der Waals surface area contributed by atoms with Crippen LogP contribution in [0.15, 0.2) is 36.8 Å². The lowest BCUT2D eigenvalue weighted by molar-refractivity contribution is 0.184. The summed E-state index contributed by atoms with van der Waals surface area (Å²) in [5, 5.41) is 15.4. The standard InChI is InChI=1S/C28H34F2N8O/c1-17(2)38-18(3)35-27-23(29)10-20(11-25(27)38)22-12-26(32-15-24(22)30)36-28-33-13-19(14-34-28)16-37-7-4-21(5-8-37)31-6-9-39/h10-15,17,21,31,39H,4-9,16H2,1-3H3,(H,32,33,34,36). The van der Waals surface area contributed by atoms with E-state index >= 15 is 0 Å². The minimum Gasteiger partial charge on any atom is -0.395 e. The molecule has 39 heavy (non-hydrogen) atoms. The number of benzene rings is 1. The minimum atomic E-state index is -0.557. The second-order valence-corrected chi connectivity index (χ2v) is 10.3. The van der Waals surface area contributed by atoms with E-state index in [0.29, 0.717) is 41.3 Å². The van der Waals surface area contributed by atoms with Gasteiger partial charge in [-0.05, 0) is 70.5 Å². The highest BCUT2D eigenvalue weighted by Gasteiger charge is 2.20. The fourth-order valence-electron chi connectivity index (χ4n) is 5.24. The van der Waals surface area contributed by atoms with Gasteiger partial charge < -0.3 is 20.3 Å². The molecular formula is C28H34F2N8O. The Labute approximate surface area is 226 Å². The van der Waals surface area contributed by atoms with Crippen LogP contribution in [0.3, 0.4) is 0 Å². The summed E-state index contributed by atoms with van der Waals surface area (Å²) in [7, 11) is 0. The Balaban J connectivity index is 1.29. The number of rotatable bonds is 9. The fraction of sp³-hybridized carbons (Fsp3) is 0.429. The van der Waals surface area contributed by atoms with E-state index in [0.717, 1.165) is 44.2 Å². The second kappa shape index (κ2) is 11.7. The van der Waals surface area contributed by atoms with Gasteiger partial charge in [0.15, 0.2) is 5.82 Å². The summed E-state index contributed by atoms with van der Waals surface area (Å²) in [6.07, 6.45) is 6.73. The van der Waals surface area contributed by atoms with Crippen LogP contribution in [0.4, 0.5) is 20.5 Å². The lowest BCUT2D eigenvalue weighted by Gasteiger charge is -2.32. The van der Waals surface area contributed by atoms with Gasteiger partial charge in [0.2, 0.25) is 5.95 Å². The van der Waals surface area contributed by atoms with E-state index in [1.54, 1.807) is 18.5 Å². The molecule has 1 fully saturated rings. The number of aryl methyl sites for hydroxylation is 1. The highest BCUT2D eigenvalue weighted by molar-refractivity contribution is 5.84. The van der Waals surface area contributed by atoms with Crippen molar-refractivity contribution >= 4 is 22.8 Å². The van der Waals surface area contributed by atoms with Gasteiger partial charge in [-0.15, -0.1) is 0 Å². The fourth-order valence-corrected chi connectivity index (χ4v) is 5.24. The summed E-state index contributed by atoms with van der Waals surface area (Å²) in [4.78, 5) is 19.7. The molecule has 206 valence electrons. The van der Waals surface area contributed by atoms with Crippen LogP contribution in [-0.2, 0) is 6.54 Å². The summed E-state index contributed by atoms with van der Waals surface area (Å²) in [6.45, 7) is 9.31. The molecule has 0 bridgehead atoms. The Hall–Kier alpha value is -3.54. The average molecular weight is 537 g/mol. The van der Waals surface area contributed by atoms with E-state index in [4.69, 9.17) is 5.11 Å². The smallest absolute Gasteiger partial charge is 0.228 e. The maximum atomic E-state index is 15.0. The van der Waals surface area contributed by atoms with Crippen molar-refractivity contribution in [3.8, 4) is 11.1 Å². The molecular weight excluding hydrogens is 502 g/mol. The first kappa shape index (κ1) is 27.0. The van der Waals surface area contributed by atoms with Crippen molar-refractivity contribution in [3.05, 3.63) is 59.8 Å². The molecule has 5 rings (SSSR count). The number of nitrogens with zero attached hydrogens (tertiary/aromatic N) is 6. The molecule has 4 aromatic rings. The number of anilines is 2. The Morgan fingerprint density at radius 2 is 1.77 bits per heavy atom. The van der Waals surface area contributed by atoms with Gasteiger partial charge in [0, 0.05) is 48.7 Å². The third-order valence-corrected chi connectivity index (χ3v) is 7.09. The number of aliphatic hydroxyl groups excluding tert-OH is 1. The highest BCUT2D eigenvalue weighted by Crippen LogP contribution is 2.32. The molecule has 1 aliphatic heterocycles. The third-order valence-electron chi connectivity index (χ3n) is 7.09. The Morgan fingerprint density at radius 3 is 2.46 bits per heavy atom. The van der Waals surface area contributed by atoms with E-state index in [2.05, 4.69) is 35.5 Å². The maximum Gasteiger partial charge on any atom is 0.228 e. The van der Waals surface area contributed by atoms with Gasteiger partial charge >= 0.3 is 0 Å².